The zero-order valence-corrected chi connectivity index (χ0v) is 12.2. The molecule has 0 spiro atoms. The molecule has 3 rings (SSSR count). The van der Waals surface area contributed by atoms with Gasteiger partial charge in [0.25, 0.3) is 5.91 Å². The van der Waals surface area contributed by atoms with E-state index in [0.29, 0.717) is 11.5 Å². The van der Waals surface area contributed by atoms with Crippen LogP contribution < -0.4 is 4.90 Å². The molecule has 0 aliphatic carbocycles. The Balaban J connectivity index is 1.94. The Morgan fingerprint density at radius 2 is 2.10 bits per heavy atom. The van der Waals surface area contributed by atoms with Gasteiger partial charge >= 0.3 is 0 Å². The molecule has 0 fully saturated rings. The van der Waals surface area contributed by atoms with Crippen molar-refractivity contribution in [3.05, 3.63) is 53.5 Å². The number of benzene rings is 1. The summed E-state index contributed by atoms with van der Waals surface area (Å²) in [5.74, 6) is 0.859. The van der Waals surface area contributed by atoms with Gasteiger partial charge in [-0.3, -0.25) is 4.79 Å². The van der Waals surface area contributed by atoms with Gasteiger partial charge in [-0.05, 0) is 44.0 Å². The third kappa shape index (κ3) is 2.12. The molecule has 2 aromatic rings. The first-order valence-corrected chi connectivity index (χ1v) is 7.17. The van der Waals surface area contributed by atoms with Crippen LogP contribution >= 0.6 is 11.6 Å². The van der Waals surface area contributed by atoms with Gasteiger partial charge in [0, 0.05) is 11.7 Å². The van der Waals surface area contributed by atoms with Crippen LogP contribution in [0.15, 0.2) is 40.8 Å². The first-order valence-electron chi connectivity index (χ1n) is 6.73. The molecule has 0 saturated carbocycles. The van der Waals surface area contributed by atoms with Crippen molar-refractivity contribution in [2.45, 2.75) is 31.7 Å². The summed E-state index contributed by atoms with van der Waals surface area (Å²) in [6, 6.07) is 11.6. The summed E-state index contributed by atoms with van der Waals surface area (Å²) in [6.07, 6.45) is 0.876. The number of fused-ring (bicyclic) bond motifs is 1. The number of hydrogen-bond donors (Lipinski definition) is 0. The fourth-order valence-corrected chi connectivity index (χ4v) is 2.79. The topological polar surface area (TPSA) is 33.5 Å². The van der Waals surface area contributed by atoms with Crippen LogP contribution in [-0.2, 0) is 6.42 Å². The molecule has 20 heavy (non-hydrogen) atoms. The molecule has 0 N–H and O–H groups in total. The van der Waals surface area contributed by atoms with E-state index in [9.17, 15) is 4.79 Å². The van der Waals surface area contributed by atoms with Crippen LogP contribution in [0.2, 0.25) is 0 Å². The molecule has 0 saturated heterocycles. The van der Waals surface area contributed by atoms with E-state index < -0.39 is 0 Å². The second kappa shape index (κ2) is 4.98. The second-order valence-electron chi connectivity index (χ2n) is 5.18. The van der Waals surface area contributed by atoms with Gasteiger partial charge in [-0.25, -0.2) is 0 Å². The number of para-hydroxylation sites is 1. The number of halogens is 1. The fraction of sp³-hybridized carbons (Fsp3) is 0.312. The van der Waals surface area contributed by atoms with E-state index >= 15 is 0 Å². The first kappa shape index (κ1) is 13.3. The van der Waals surface area contributed by atoms with Gasteiger partial charge in [0.15, 0.2) is 5.76 Å². The molecule has 1 aliphatic rings. The summed E-state index contributed by atoms with van der Waals surface area (Å²) in [7, 11) is 0. The molecule has 3 nitrogen and oxygen atoms in total. The van der Waals surface area contributed by atoms with Crippen LogP contribution in [-0.4, -0.2) is 11.9 Å². The molecule has 1 aliphatic heterocycles. The Labute approximate surface area is 123 Å². The van der Waals surface area contributed by atoms with Gasteiger partial charge in [-0.2, -0.15) is 0 Å². The highest BCUT2D eigenvalue weighted by Crippen LogP contribution is 2.33. The van der Waals surface area contributed by atoms with Gasteiger partial charge in [-0.1, -0.05) is 18.2 Å². The Morgan fingerprint density at radius 3 is 2.80 bits per heavy atom. The zero-order valence-electron chi connectivity index (χ0n) is 11.5. The number of rotatable bonds is 2. The maximum Gasteiger partial charge on any atom is 0.294 e. The smallest absolute Gasteiger partial charge is 0.294 e. The first-order chi connectivity index (χ1) is 9.58. The fourth-order valence-electron chi connectivity index (χ4n) is 2.68. The van der Waals surface area contributed by atoms with Gasteiger partial charge in [0.2, 0.25) is 0 Å². The van der Waals surface area contributed by atoms with Crippen LogP contribution in [0, 0.1) is 0 Å². The molecular formula is C16H16ClNO2. The number of hydrogen-bond acceptors (Lipinski definition) is 2. The van der Waals surface area contributed by atoms with Crippen molar-refractivity contribution in [2.24, 2.45) is 0 Å². The Hall–Kier alpha value is -1.74. The number of nitrogens with zero attached hydrogens (tertiary/aromatic N) is 1. The maximum absolute atomic E-state index is 12.6. The third-order valence-electron chi connectivity index (χ3n) is 3.66. The van der Waals surface area contributed by atoms with Crippen LogP contribution in [0.4, 0.5) is 5.69 Å². The average Bonchev–Trinajstić information content (AvgIpc) is 3.01. The average molecular weight is 290 g/mol. The second-order valence-corrected chi connectivity index (χ2v) is 5.83. The van der Waals surface area contributed by atoms with Gasteiger partial charge in [0.05, 0.1) is 5.38 Å². The highest BCUT2D eigenvalue weighted by Gasteiger charge is 2.32. The van der Waals surface area contributed by atoms with Crippen molar-refractivity contribution < 1.29 is 9.21 Å². The molecular weight excluding hydrogens is 274 g/mol. The predicted molar refractivity (Wildman–Crippen MR) is 79.4 cm³/mol. The molecule has 1 aromatic carbocycles. The summed E-state index contributed by atoms with van der Waals surface area (Å²) in [6.45, 7) is 3.87. The number of anilines is 1. The minimum Gasteiger partial charge on any atom is -0.454 e. The Kier molecular flexibility index (Phi) is 3.30. The zero-order chi connectivity index (χ0) is 14.3. The van der Waals surface area contributed by atoms with E-state index in [2.05, 4.69) is 6.07 Å². The Bertz CT molecular complexity index is 647. The van der Waals surface area contributed by atoms with E-state index in [1.54, 1.807) is 17.0 Å². The lowest BCUT2D eigenvalue weighted by atomic mass is 10.1. The van der Waals surface area contributed by atoms with E-state index in [4.69, 9.17) is 16.0 Å². The quantitative estimate of drug-likeness (QED) is 0.778. The van der Waals surface area contributed by atoms with Crippen LogP contribution in [0.5, 0.6) is 0 Å². The van der Waals surface area contributed by atoms with Crippen molar-refractivity contribution in [3.8, 4) is 0 Å². The molecule has 1 aromatic heterocycles. The molecule has 4 heteroatoms. The Morgan fingerprint density at radius 1 is 1.35 bits per heavy atom. The van der Waals surface area contributed by atoms with E-state index in [-0.39, 0.29) is 17.3 Å². The van der Waals surface area contributed by atoms with Crippen molar-refractivity contribution in [1.29, 1.82) is 0 Å². The third-order valence-corrected chi connectivity index (χ3v) is 3.87. The van der Waals surface area contributed by atoms with Crippen molar-refractivity contribution in [3.63, 3.8) is 0 Å². The number of amides is 1. The molecule has 0 bridgehead atoms. The number of carbonyl (C=O) groups is 1. The largest absolute Gasteiger partial charge is 0.454 e. The predicted octanol–water partition coefficient (Wildman–Crippen LogP) is 4.17. The van der Waals surface area contributed by atoms with Gasteiger partial charge < -0.3 is 9.32 Å². The normalized spacial score (nSPS) is 18.9. The minimum absolute atomic E-state index is 0.106. The minimum atomic E-state index is -0.236. The van der Waals surface area contributed by atoms with Crippen molar-refractivity contribution >= 4 is 23.2 Å². The molecule has 2 unspecified atom stereocenters. The molecule has 104 valence electrons. The SMILES string of the molecule is CC(Cl)c1ccc(C(=O)N2c3ccccc3CC2C)o1. The van der Waals surface area contributed by atoms with E-state index in [1.165, 1.54) is 5.56 Å². The highest BCUT2D eigenvalue weighted by molar-refractivity contribution is 6.20. The molecule has 0 radical (unpaired) electrons. The van der Waals surface area contributed by atoms with Crippen molar-refractivity contribution in [2.75, 3.05) is 4.90 Å². The number of furan rings is 1. The lowest BCUT2D eigenvalue weighted by molar-refractivity contribution is 0.0953. The summed E-state index contributed by atoms with van der Waals surface area (Å²) >= 11 is 5.97. The molecule has 2 heterocycles. The van der Waals surface area contributed by atoms with Gasteiger partial charge in [0.1, 0.15) is 5.76 Å². The molecule has 2 atom stereocenters. The van der Waals surface area contributed by atoms with Crippen LogP contribution in [0.3, 0.4) is 0 Å². The number of carbonyl (C=O) groups excluding carboxylic acids is 1. The summed E-state index contributed by atoms with van der Waals surface area (Å²) in [5.41, 5.74) is 2.17. The number of alkyl halides is 1. The van der Waals surface area contributed by atoms with Crippen LogP contribution in [0.1, 0.15) is 41.1 Å². The van der Waals surface area contributed by atoms with Crippen LogP contribution in [0.25, 0.3) is 0 Å². The summed E-state index contributed by atoms with van der Waals surface area (Å²) in [4.78, 5) is 14.4. The lowest BCUT2D eigenvalue weighted by Crippen LogP contribution is -2.35. The van der Waals surface area contributed by atoms with Crippen molar-refractivity contribution in [1.82, 2.24) is 0 Å². The van der Waals surface area contributed by atoms with Gasteiger partial charge in [-0.15, -0.1) is 11.6 Å². The summed E-state index contributed by atoms with van der Waals surface area (Å²) in [5, 5.41) is -0.236. The lowest BCUT2D eigenvalue weighted by Gasteiger charge is -2.21. The van der Waals surface area contributed by atoms with E-state index in [0.717, 1.165) is 12.1 Å². The standard InChI is InChI=1S/C16H16ClNO2/c1-10-9-12-5-3-4-6-13(12)18(10)16(19)15-8-7-14(20-15)11(2)17/h3-8,10-11H,9H2,1-2H3. The van der Waals surface area contributed by atoms with E-state index in [1.807, 2.05) is 32.0 Å². The molecule has 1 amide bonds. The monoisotopic (exact) mass is 289 g/mol. The maximum atomic E-state index is 12.6. The summed E-state index contributed by atoms with van der Waals surface area (Å²) < 4.78 is 5.56. The highest BCUT2D eigenvalue weighted by atomic mass is 35.5.